The summed E-state index contributed by atoms with van der Waals surface area (Å²) < 4.78 is 0.953. The molecule has 0 amide bonds. The fourth-order valence-electron chi connectivity index (χ4n) is 1.39. The van der Waals surface area contributed by atoms with Gasteiger partial charge in [-0.15, -0.1) is 11.3 Å². The van der Waals surface area contributed by atoms with Crippen LogP contribution in [0, 0.1) is 6.20 Å². The highest BCUT2D eigenvalue weighted by Crippen LogP contribution is 2.25. The first-order valence-corrected chi connectivity index (χ1v) is 5.83. The summed E-state index contributed by atoms with van der Waals surface area (Å²) >= 11 is 7.60. The van der Waals surface area contributed by atoms with Gasteiger partial charge in [-0.05, 0) is 17.5 Å². The number of aromatic nitrogens is 3. The molecular weight excluding hydrogens is 242 g/mol. The first kappa shape index (κ1) is 9.69. The third-order valence-corrected chi connectivity index (χ3v) is 3.26. The van der Waals surface area contributed by atoms with Gasteiger partial charge < -0.3 is 0 Å². The lowest BCUT2D eigenvalue weighted by atomic mass is 10.2. The number of fused-ring (bicyclic) bond motifs is 1. The average Bonchev–Trinajstić information content (AvgIpc) is 2.76. The van der Waals surface area contributed by atoms with Gasteiger partial charge in [-0.25, -0.2) is 9.97 Å². The smallest absolute Gasteiger partial charge is 0.162 e. The molecule has 0 spiro atoms. The van der Waals surface area contributed by atoms with E-state index in [0.29, 0.717) is 10.8 Å². The molecule has 1 radical (unpaired) electrons. The number of halogens is 1. The highest BCUT2D eigenvalue weighted by atomic mass is 35.5. The van der Waals surface area contributed by atoms with Crippen LogP contribution in [0.5, 0.6) is 0 Å². The molecule has 0 aliphatic rings. The van der Waals surface area contributed by atoms with Crippen molar-refractivity contribution in [3.8, 4) is 11.4 Å². The SMILES string of the molecule is Clc1cnccc1-c1n[c]c2sccc2n1. The van der Waals surface area contributed by atoms with Crippen molar-refractivity contribution in [2.75, 3.05) is 0 Å². The van der Waals surface area contributed by atoms with Gasteiger partial charge in [-0.2, -0.15) is 0 Å². The van der Waals surface area contributed by atoms with Crippen molar-refractivity contribution in [1.82, 2.24) is 15.0 Å². The molecule has 0 N–H and O–H groups in total. The minimum Gasteiger partial charge on any atom is -0.263 e. The fourth-order valence-corrected chi connectivity index (χ4v) is 2.26. The van der Waals surface area contributed by atoms with E-state index in [2.05, 4.69) is 21.1 Å². The zero-order valence-electron chi connectivity index (χ0n) is 8.01. The van der Waals surface area contributed by atoms with Gasteiger partial charge in [0.05, 0.1) is 15.2 Å². The Hall–Kier alpha value is -1.52. The Balaban J connectivity index is 2.22. The van der Waals surface area contributed by atoms with Crippen molar-refractivity contribution in [2.45, 2.75) is 0 Å². The Morgan fingerprint density at radius 3 is 3.12 bits per heavy atom. The van der Waals surface area contributed by atoms with E-state index in [4.69, 9.17) is 11.6 Å². The molecule has 77 valence electrons. The first-order valence-electron chi connectivity index (χ1n) is 4.57. The highest BCUT2D eigenvalue weighted by molar-refractivity contribution is 7.17. The van der Waals surface area contributed by atoms with Gasteiger partial charge in [-0.3, -0.25) is 4.98 Å². The van der Waals surface area contributed by atoms with E-state index in [0.717, 1.165) is 15.8 Å². The molecule has 3 nitrogen and oxygen atoms in total. The zero-order chi connectivity index (χ0) is 11.0. The Labute approximate surface area is 101 Å². The molecule has 0 bridgehead atoms. The number of hydrogen-bond donors (Lipinski definition) is 0. The lowest BCUT2D eigenvalue weighted by Crippen LogP contribution is -1.89. The second-order valence-electron chi connectivity index (χ2n) is 3.15. The highest BCUT2D eigenvalue weighted by Gasteiger charge is 2.07. The Bertz CT molecular complexity index is 650. The molecule has 0 atom stereocenters. The Morgan fingerprint density at radius 1 is 1.31 bits per heavy atom. The van der Waals surface area contributed by atoms with Gasteiger partial charge in [0.25, 0.3) is 0 Å². The van der Waals surface area contributed by atoms with E-state index in [1.165, 1.54) is 0 Å². The predicted octanol–water partition coefficient (Wildman–Crippen LogP) is 3.21. The number of hydrogen-bond acceptors (Lipinski definition) is 4. The first-order chi connectivity index (χ1) is 7.84. The molecule has 0 unspecified atom stereocenters. The van der Waals surface area contributed by atoms with Crippen LogP contribution in [0.3, 0.4) is 0 Å². The number of nitrogens with zero attached hydrogens (tertiary/aromatic N) is 3. The van der Waals surface area contributed by atoms with Crippen LogP contribution in [-0.4, -0.2) is 15.0 Å². The standard InChI is InChI=1S/C11H5ClN3S/c12-8-5-13-3-1-7(8)11-14-6-10-9(15-11)2-4-16-10/h1-5H. The van der Waals surface area contributed by atoms with Crippen LogP contribution >= 0.6 is 22.9 Å². The van der Waals surface area contributed by atoms with E-state index in [-0.39, 0.29) is 0 Å². The van der Waals surface area contributed by atoms with Gasteiger partial charge in [0.2, 0.25) is 0 Å². The molecule has 3 heterocycles. The van der Waals surface area contributed by atoms with Crippen molar-refractivity contribution in [3.63, 3.8) is 0 Å². The lowest BCUT2D eigenvalue weighted by Gasteiger charge is -2.00. The minimum atomic E-state index is 0.547. The van der Waals surface area contributed by atoms with Gasteiger partial charge in [0, 0.05) is 18.0 Å². The number of thiophene rings is 1. The second-order valence-corrected chi connectivity index (χ2v) is 4.47. The molecule has 3 rings (SSSR count). The topological polar surface area (TPSA) is 38.7 Å². The molecule has 5 heteroatoms. The molecule has 3 aromatic rings. The van der Waals surface area contributed by atoms with Gasteiger partial charge in [0.15, 0.2) is 5.82 Å². The summed E-state index contributed by atoms with van der Waals surface area (Å²) in [4.78, 5) is 12.5. The van der Waals surface area contributed by atoms with E-state index >= 15 is 0 Å². The maximum absolute atomic E-state index is 6.03. The van der Waals surface area contributed by atoms with E-state index < -0.39 is 0 Å². The second kappa shape index (κ2) is 3.81. The Kier molecular flexibility index (Phi) is 2.31. The van der Waals surface area contributed by atoms with Crippen LogP contribution in [0.25, 0.3) is 21.6 Å². The summed E-state index contributed by atoms with van der Waals surface area (Å²) in [5.74, 6) is 0.582. The van der Waals surface area contributed by atoms with Crippen molar-refractivity contribution in [3.05, 3.63) is 41.1 Å². The average molecular weight is 247 g/mol. The van der Waals surface area contributed by atoms with Crippen molar-refractivity contribution in [1.29, 1.82) is 0 Å². The molecule has 0 fully saturated rings. The largest absolute Gasteiger partial charge is 0.263 e. The predicted molar refractivity (Wildman–Crippen MR) is 64.5 cm³/mol. The Morgan fingerprint density at radius 2 is 2.25 bits per heavy atom. The van der Waals surface area contributed by atoms with Crippen LogP contribution < -0.4 is 0 Å². The maximum atomic E-state index is 6.03. The number of pyridine rings is 1. The monoisotopic (exact) mass is 246 g/mol. The van der Waals surface area contributed by atoms with Crippen molar-refractivity contribution >= 4 is 33.2 Å². The molecule has 3 aromatic heterocycles. The molecule has 16 heavy (non-hydrogen) atoms. The van der Waals surface area contributed by atoms with Crippen LogP contribution in [0.1, 0.15) is 0 Å². The third-order valence-electron chi connectivity index (χ3n) is 2.15. The van der Waals surface area contributed by atoms with Gasteiger partial charge >= 0.3 is 0 Å². The van der Waals surface area contributed by atoms with Crippen LogP contribution in [0.15, 0.2) is 29.9 Å². The summed E-state index contributed by atoms with van der Waals surface area (Å²) in [7, 11) is 0. The molecule has 0 saturated heterocycles. The zero-order valence-corrected chi connectivity index (χ0v) is 9.59. The fraction of sp³-hybridized carbons (Fsp3) is 0. The quantitative estimate of drug-likeness (QED) is 0.662. The van der Waals surface area contributed by atoms with Crippen LogP contribution in [0.2, 0.25) is 5.02 Å². The summed E-state index contributed by atoms with van der Waals surface area (Å²) in [5.41, 5.74) is 1.67. The number of rotatable bonds is 1. The molecular formula is C11H5ClN3S. The lowest BCUT2D eigenvalue weighted by molar-refractivity contribution is 1.21. The molecule has 0 saturated carbocycles. The molecule has 0 aliphatic heterocycles. The normalized spacial score (nSPS) is 10.8. The van der Waals surface area contributed by atoms with Crippen molar-refractivity contribution in [2.24, 2.45) is 0 Å². The summed E-state index contributed by atoms with van der Waals surface area (Å²) in [6.45, 7) is 0. The van der Waals surface area contributed by atoms with Gasteiger partial charge in [-0.1, -0.05) is 11.6 Å². The summed E-state index contributed by atoms with van der Waals surface area (Å²) in [6, 6.07) is 3.74. The van der Waals surface area contributed by atoms with Crippen LogP contribution in [-0.2, 0) is 0 Å². The van der Waals surface area contributed by atoms with E-state index in [1.54, 1.807) is 29.8 Å². The summed E-state index contributed by atoms with van der Waals surface area (Å²) in [6.07, 6.45) is 6.20. The third kappa shape index (κ3) is 1.56. The molecule has 0 aromatic carbocycles. The van der Waals surface area contributed by atoms with E-state index in [1.807, 2.05) is 11.4 Å². The molecule has 0 aliphatic carbocycles. The van der Waals surface area contributed by atoms with Gasteiger partial charge in [0.1, 0.15) is 6.20 Å². The van der Waals surface area contributed by atoms with E-state index in [9.17, 15) is 0 Å². The van der Waals surface area contributed by atoms with Crippen LogP contribution in [0.4, 0.5) is 0 Å². The van der Waals surface area contributed by atoms with Crippen molar-refractivity contribution < 1.29 is 0 Å². The maximum Gasteiger partial charge on any atom is 0.162 e. The minimum absolute atomic E-state index is 0.547. The summed E-state index contributed by atoms with van der Waals surface area (Å²) in [5, 5.41) is 2.51.